The van der Waals surface area contributed by atoms with E-state index in [0.717, 1.165) is 0 Å². The number of piperidine rings is 1. The highest BCUT2D eigenvalue weighted by molar-refractivity contribution is 6.74. The highest BCUT2D eigenvalue weighted by Gasteiger charge is 2.43. The first-order valence-electron chi connectivity index (χ1n) is 8.93. The van der Waals surface area contributed by atoms with E-state index < -0.39 is 25.4 Å². The minimum atomic E-state index is -2.08. The Kier molecular flexibility index (Phi) is 6.10. The van der Waals surface area contributed by atoms with Crippen LogP contribution in [0, 0.1) is 10.1 Å². The fourth-order valence-corrected chi connectivity index (χ4v) is 4.32. The molecule has 0 spiro atoms. The third-order valence-corrected chi connectivity index (χ3v) is 9.93. The first-order chi connectivity index (χ1) is 12.4. The summed E-state index contributed by atoms with van der Waals surface area (Å²) in [6.07, 6.45) is 1.90. The molecule has 0 aliphatic carbocycles. The van der Waals surface area contributed by atoms with Gasteiger partial charge in [-0.05, 0) is 30.6 Å². The maximum atomic E-state index is 11.3. The van der Waals surface area contributed by atoms with Crippen LogP contribution in [0.25, 0.3) is 0 Å². The summed E-state index contributed by atoms with van der Waals surface area (Å²) < 4.78 is 6.46. The summed E-state index contributed by atoms with van der Waals surface area (Å²) in [4.78, 5) is 27.8. The normalized spacial score (nSPS) is 21.0. The fourth-order valence-electron chi connectivity index (χ4n) is 2.93. The zero-order valence-corrected chi connectivity index (χ0v) is 17.4. The molecule has 1 aliphatic heterocycles. The Morgan fingerprint density at radius 3 is 2.70 bits per heavy atom. The highest BCUT2D eigenvalue weighted by atomic mass is 28.4. The topological polar surface area (TPSA) is 118 Å². The number of carboxylic acid groups (broad SMARTS) is 1. The minimum Gasteiger partial charge on any atom is -0.465 e. The highest BCUT2D eigenvalue weighted by Crippen LogP contribution is 2.39. The third-order valence-electron chi connectivity index (χ3n) is 5.43. The zero-order valence-electron chi connectivity index (χ0n) is 16.4. The molecular formula is C17H28N4O5Si. The Balaban J connectivity index is 2.24. The lowest BCUT2D eigenvalue weighted by molar-refractivity contribution is -0.384. The first kappa shape index (κ1) is 21.1. The molecule has 2 rings (SSSR count). The molecule has 1 amide bonds. The second-order valence-corrected chi connectivity index (χ2v) is 13.1. The van der Waals surface area contributed by atoms with Crippen molar-refractivity contribution >= 4 is 25.8 Å². The van der Waals surface area contributed by atoms with Crippen molar-refractivity contribution in [1.82, 2.24) is 10.3 Å². The lowest BCUT2D eigenvalue weighted by Gasteiger charge is -2.45. The number of nitrogens with one attached hydrogen (secondary N) is 1. The molecule has 1 aliphatic rings. The summed E-state index contributed by atoms with van der Waals surface area (Å²) in [6, 6.07) is 1.11. The van der Waals surface area contributed by atoms with Gasteiger partial charge in [0.2, 0.25) is 0 Å². The molecule has 2 atom stereocenters. The van der Waals surface area contributed by atoms with Gasteiger partial charge in [0.25, 0.3) is 0 Å². The SMILES string of the molecule is CC(C)(C)[Si](C)(C)O[C@H]1CCN(c2ccncc2[N+](=O)[O-])C[C@@H]1NC(=O)O. The Morgan fingerprint density at radius 2 is 2.15 bits per heavy atom. The first-order valence-corrected chi connectivity index (χ1v) is 11.8. The molecule has 0 bridgehead atoms. The predicted octanol–water partition coefficient (Wildman–Crippen LogP) is 3.23. The van der Waals surface area contributed by atoms with Gasteiger partial charge in [-0.15, -0.1) is 0 Å². The van der Waals surface area contributed by atoms with Crippen LogP contribution in [-0.4, -0.2) is 54.7 Å². The number of carbonyl (C=O) groups is 1. The maximum absolute atomic E-state index is 11.3. The number of nitrogens with zero attached hydrogens (tertiary/aromatic N) is 3. The zero-order chi connectivity index (χ0) is 20.4. The molecule has 9 nitrogen and oxygen atoms in total. The molecule has 0 unspecified atom stereocenters. The number of rotatable bonds is 5. The van der Waals surface area contributed by atoms with E-state index in [9.17, 15) is 20.0 Å². The molecule has 1 aromatic rings. The van der Waals surface area contributed by atoms with Crippen LogP contribution in [0.15, 0.2) is 18.5 Å². The van der Waals surface area contributed by atoms with E-state index in [1.165, 1.54) is 12.4 Å². The van der Waals surface area contributed by atoms with Crippen LogP contribution in [0.5, 0.6) is 0 Å². The van der Waals surface area contributed by atoms with Crippen molar-refractivity contribution in [3.8, 4) is 0 Å². The molecule has 0 aromatic carbocycles. The second kappa shape index (κ2) is 7.81. The molecule has 1 aromatic heterocycles. The average molecular weight is 397 g/mol. The average Bonchev–Trinajstić information content (AvgIpc) is 2.54. The molecule has 1 fully saturated rings. The Morgan fingerprint density at radius 1 is 1.48 bits per heavy atom. The van der Waals surface area contributed by atoms with Crippen molar-refractivity contribution in [2.24, 2.45) is 0 Å². The van der Waals surface area contributed by atoms with Gasteiger partial charge < -0.3 is 19.7 Å². The van der Waals surface area contributed by atoms with Gasteiger partial charge in [-0.3, -0.25) is 15.1 Å². The van der Waals surface area contributed by atoms with E-state index in [0.29, 0.717) is 25.2 Å². The third kappa shape index (κ3) is 4.95. The van der Waals surface area contributed by atoms with Crippen LogP contribution in [0.4, 0.5) is 16.2 Å². The second-order valence-electron chi connectivity index (χ2n) is 8.33. The van der Waals surface area contributed by atoms with Gasteiger partial charge in [-0.25, -0.2) is 4.79 Å². The van der Waals surface area contributed by atoms with Gasteiger partial charge in [0.05, 0.1) is 17.1 Å². The van der Waals surface area contributed by atoms with Crippen molar-refractivity contribution in [1.29, 1.82) is 0 Å². The summed E-state index contributed by atoms with van der Waals surface area (Å²) in [5.74, 6) is 0. The smallest absolute Gasteiger partial charge is 0.405 e. The number of hydrogen-bond acceptors (Lipinski definition) is 6. The fraction of sp³-hybridized carbons (Fsp3) is 0.647. The van der Waals surface area contributed by atoms with E-state index in [4.69, 9.17) is 4.43 Å². The minimum absolute atomic E-state index is 0.00178. The van der Waals surface area contributed by atoms with E-state index in [1.807, 2.05) is 4.90 Å². The van der Waals surface area contributed by atoms with Crippen LogP contribution < -0.4 is 10.2 Å². The van der Waals surface area contributed by atoms with Gasteiger partial charge in [0, 0.05) is 19.3 Å². The lowest BCUT2D eigenvalue weighted by Crippen LogP contribution is -2.59. The quantitative estimate of drug-likeness (QED) is 0.445. The summed E-state index contributed by atoms with van der Waals surface area (Å²) in [5, 5.41) is 23.1. The predicted molar refractivity (Wildman–Crippen MR) is 105 cm³/mol. The number of hydrogen-bond donors (Lipinski definition) is 2. The Bertz CT molecular complexity index is 707. The standard InChI is InChI=1S/C17H28N4O5Si/c1-17(2,3)27(4,5)26-15-7-9-20(11-12(15)19-16(22)23)13-6-8-18-10-14(13)21(24)25/h6,8,10,12,15,19H,7,9,11H2,1-5H3,(H,22,23)/t12-,15-/m0/s1. The van der Waals surface area contributed by atoms with Crippen molar-refractivity contribution < 1.29 is 19.3 Å². The Labute approximate surface area is 160 Å². The van der Waals surface area contributed by atoms with Gasteiger partial charge in [-0.2, -0.15) is 0 Å². The molecule has 1 saturated heterocycles. The van der Waals surface area contributed by atoms with Crippen LogP contribution in [0.1, 0.15) is 27.2 Å². The summed E-state index contributed by atoms with van der Waals surface area (Å²) >= 11 is 0. The van der Waals surface area contributed by atoms with Crippen LogP contribution in [-0.2, 0) is 4.43 Å². The van der Waals surface area contributed by atoms with Crippen molar-refractivity contribution in [2.75, 3.05) is 18.0 Å². The molecule has 2 heterocycles. The lowest BCUT2D eigenvalue weighted by atomic mass is 10.0. The van der Waals surface area contributed by atoms with E-state index in [-0.39, 0.29) is 16.8 Å². The number of pyridine rings is 1. The van der Waals surface area contributed by atoms with E-state index in [1.54, 1.807) is 6.07 Å². The largest absolute Gasteiger partial charge is 0.465 e. The van der Waals surface area contributed by atoms with E-state index in [2.05, 4.69) is 44.2 Å². The maximum Gasteiger partial charge on any atom is 0.405 e. The molecule has 0 saturated carbocycles. The van der Waals surface area contributed by atoms with Crippen LogP contribution in [0.2, 0.25) is 18.1 Å². The van der Waals surface area contributed by atoms with Crippen molar-refractivity contribution in [3.05, 3.63) is 28.6 Å². The number of amides is 1. The van der Waals surface area contributed by atoms with Crippen LogP contribution >= 0.6 is 0 Å². The molecule has 150 valence electrons. The monoisotopic (exact) mass is 396 g/mol. The van der Waals surface area contributed by atoms with Crippen molar-refractivity contribution in [2.45, 2.75) is 57.5 Å². The van der Waals surface area contributed by atoms with Gasteiger partial charge >= 0.3 is 11.8 Å². The summed E-state index contributed by atoms with van der Waals surface area (Å²) in [7, 11) is -2.08. The molecule has 10 heteroatoms. The summed E-state index contributed by atoms with van der Waals surface area (Å²) in [5.41, 5.74) is 0.355. The number of nitro groups is 1. The van der Waals surface area contributed by atoms with Gasteiger partial charge in [-0.1, -0.05) is 20.8 Å². The molecule has 2 N–H and O–H groups in total. The van der Waals surface area contributed by atoms with Gasteiger partial charge in [0.15, 0.2) is 8.32 Å². The van der Waals surface area contributed by atoms with Crippen LogP contribution in [0.3, 0.4) is 0 Å². The number of aromatic nitrogens is 1. The summed E-state index contributed by atoms with van der Waals surface area (Å²) in [6.45, 7) is 11.5. The number of anilines is 1. The van der Waals surface area contributed by atoms with Gasteiger partial charge in [0.1, 0.15) is 11.9 Å². The van der Waals surface area contributed by atoms with E-state index >= 15 is 0 Å². The Hall–Kier alpha value is -2.20. The van der Waals surface area contributed by atoms with Crippen molar-refractivity contribution in [3.63, 3.8) is 0 Å². The molecule has 0 radical (unpaired) electrons. The molecule has 27 heavy (non-hydrogen) atoms. The molecular weight excluding hydrogens is 368 g/mol.